The van der Waals surface area contributed by atoms with Gasteiger partial charge in [-0.3, -0.25) is 0 Å². The van der Waals surface area contributed by atoms with Gasteiger partial charge in [-0.05, 0) is 111 Å². The van der Waals surface area contributed by atoms with Crippen LogP contribution in [0.1, 0.15) is 68.4 Å². The van der Waals surface area contributed by atoms with Gasteiger partial charge in [0.2, 0.25) is 0 Å². The minimum absolute atomic E-state index is 0.0366. The third-order valence-electron chi connectivity index (χ3n) is 7.64. The predicted molar refractivity (Wildman–Crippen MR) is 117 cm³/mol. The summed E-state index contributed by atoms with van der Waals surface area (Å²) in [5.74, 6) is 1.03. The van der Waals surface area contributed by atoms with Crippen molar-refractivity contribution in [3.05, 3.63) is 71.6 Å². The molecule has 0 unspecified atom stereocenters. The van der Waals surface area contributed by atoms with Crippen LogP contribution in [-0.4, -0.2) is 0 Å². The Labute approximate surface area is 178 Å². The number of benzene rings is 2. The molecule has 2 aromatic carbocycles. The molecule has 3 heteroatoms. The molecule has 0 nitrogen and oxygen atoms in total. The quantitative estimate of drug-likeness (QED) is 0.443. The summed E-state index contributed by atoms with van der Waals surface area (Å²) in [6.45, 7) is 5.33. The number of rotatable bonds is 4. The van der Waals surface area contributed by atoms with E-state index in [2.05, 4.69) is 12.7 Å². The molecule has 0 bridgehead atoms. The van der Waals surface area contributed by atoms with Crippen molar-refractivity contribution < 1.29 is 13.2 Å². The lowest BCUT2D eigenvalue weighted by Gasteiger charge is -2.37. The van der Waals surface area contributed by atoms with Gasteiger partial charge in [0.05, 0.1) is 0 Å². The molecule has 0 amide bonds. The zero-order valence-corrected chi connectivity index (χ0v) is 17.8. The number of hydrogen-bond acceptors (Lipinski definition) is 0. The smallest absolute Gasteiger partial charge is 0.131 e. The van der Waals surface area contributed by atoms with E-state index in [0.717, 1.165) is 30.2 Å². The molecule has 0 radical (unpaired) electrons. The van der Waals surface area contributed by atoms with Crippen LogP contribution in [0.15, 0.2) is 43.0 Å². The van der Waals surface area contributed by atoms with Crippen molar-refractivity contribution in [1.29, 1.82) is 0 Å². The first-order valence-corrected chi connectivity index (χ1v) is 11.3. The topological polar surface area (TPSA) is 0 Å². The minimum Gasteiger partial charge on any atom is -0.207 e. The highest BCUT2D eigenvalue weighted by Gasteiger charge is 2.31. The van der Waals surface area contributed by atoms with Crippen LogP contribution in [-0.2, 0) is 0 Å². The Balaban J connectivity index is 1.41. The maximum atomic E-state index is 14.8. The van der Waals surface area contributed by atoms with Crippen LogP contribution in [0.2, 0.25) is 0 Å². The van der Waals surface area contributed by atoms with Crippen molar-refractivity contribution in [2.45, 2.75) is 64.2 Å². The average molecular weight is 413 g/mol. The molecule has 0 aliphatic heterocycles. The van der Waals surface area contributed by atoms with Gasteiger partial charge in [-0.2, -0.15) is 0 Å². The number of hydrogen-bond donors (Lipinski definition) is 0. The molecule has 30 heavy (non-hydrogen) atoms. The number of halogens is 3. The summed E-state index contributed by atoms with van der Waals surface area (Å²) in [6.07, 6.45) is 11.9. The maximum Gasteiger partial charge on any atom is 0.131 e. The second-order valence-corrected chi connectivity index (χ2v) is 9.33. The van der Waals surface area contributed by atoms with E-state index in [1.807, 2.05) is 6.07 Å². The monoisotopic (exact) mass is 412 g/mol. The van der Waals surface area contributed by atoms with Gasteiger partial charge < -0.3 is 0 Å². The van der Waals surface area contributed by atoms with Crippen LogP contribution in [0.25, 0.3) is 11.1 Å². The summed E-state index contributed by atoms with van der Waals surface area (Å²) < 4.78 is 42.6. The van der Waals surface area contributed by atoms with Crippen molar-refractivity contribution in [2.24, 2.45) is 17.8 Å². The first kappa shape index (κ1) is 21.2. The van der Waals surface area contributed by atoms with Gasteiger partial charge in [-0.1, -0.05) is 18.2 Å². The Morgan fingerprint density at radius 2 is 1.33 bits per heavy atom. The largest absolute Gasteiger partial charge is 0.207 e. The molecular weight excluding hydrogens is 381 g/mol. The predicted octanol–water partition coefficient (Wildman–Crippen LogP) is 8.35. The van der Waals surface area contributed by atoms with Crippen molar-refractivity contribution >= 4 is 0 Å². The van der Waals surface area contributed by atoms with Crippen LogP contribution in [0.4, 0.5) is 13.2 Å². The van der Waals surface area contributed by atoms with E-state index in [1.54, 1.807) is 12.1 Å². The van der Waals surface area contributed by atoms with E-state index < -0.39 is 17.5 Å². The molecule has 2 aliphatic carbocycles. The molecule has 2 saturated carbocycles. The summed E-state index contributed by atoms with van der Waals surface area (Å²) in [6, 6.07) is 7.61. The van der Waals surface area contributed by atoms with Gasteiger partial charge in [-0.25, -0.2) is 13.2 Å². The van der Waals surface area contributed by atoms with Gasteiger partial charge in [0.15, 0.2) is 0 Å². The van der Waals surface area contributed by atoms with Gasteiger partial charge >= 0.3 is 0 Å². The van der Waals surface area contributed by atoms with Crippen molar-refractivity contribution in [2.75, 3.05) is 0 Å². The summed E-state index contributed by atoms with van der Waals surface area (Å²) in [7, 11) is 0. The average Bonchev–Trinajstić information content (AvgIpc) is 2.77. The minimum atomic E-state index is -0.645. The molecule has 2 aromatic rings. The van der Waals surface area contributed by atoms with E-state index in [0.29, 0.717) is 11.8 Å². The van der Waals surface area contributed by atoms with Gasteiger partial charge in [0.25, 0.3) is 0 Å². The van der Waals surface area contributed by atoms with E-state index in [9.17, 15) is 13.2 Å². The van der Waals surface area contributed by atoms with E-state index in [4.69, 9.17) is 0 Å². The highest BCUT2D eigenvalue weighted by Crippen LogP contribution is 2.44. The standard InChI is InChI=1S/C27H31F3/c1-3-18-4-6-19(7-5-18)20-8-10-21(11-9-20)22-12-13-24(27(30)14-22)23-15-25(28)17(2)26(29)16-23/h3,12-16,18-21H,1,4-11H2,2H3. The van der Waals surface area contributed by atoms with Crippen LogP contribution in [0, 0.1) is 42.1 Å². The van der Waals surface area contributed by atoms with Crippen LogP contribution in [0.3, 0.4) is 0 Å². The normalized spacial score (nSPS) is 27.1. The fourth-order valence-corrected chi connectivity index (χ4v) is 5.60. The van der Waals surface area contributed by atoms with Gasteiger partial charge in [0, 0.05) is 11.1 Å². The van der Waals surface area contributed by atoms with E-state index in [-0.39, 0.29) is 16.7 Å². The molecule has 0 saturated heterocycles. The molecule has 160 valence electrons. The lowest BCUT2D eigenvalue weighted by molar-refractivity contribution is 0.171. The highest BCUT2D eigenvalue weighted by molar-refractivity contribution is 5.65. The Morgan fingerprint density at radius 1 is 0.767 bits per heavy atom. The van der Waals surface area contributed by atoms with Crippen molar-refractivity contribution in [3.63, 3.8) is 0 Å². The molecule has 2 aliphatic rings. The third-order valence-corrected chi connectivity index (χ3v) is 7.64. The van der Waals surface area contributed by atoms with Crippen molar-refractivity contribution in [3.8, 4) is 11.1 Å². The molecule has 0 heterocycles. The van der Waals surface area contributed by atoms with Crippen LogP contribution >= 0.6 is 0 Å². The van der Waals surface area contributed by atoms with Gasteiger partial charge in [-0.15, -0.1) is 6.58 Å². The number of allylic oxidation sites excluding steroid dienone is 1. The highest BCUT2D eigenvalue weighted by atomic mass is 19.1. The Hall–Kier alpha value is -2.03. The maximum absolute atomic E-state index is 14.8. The fourth-order valence-electron chi connectivity index (χ4n) is 5.60. The second kappa shape index (κ2) is 8.99. The van der Waals surface area contributed by atoms with E-state index in [1.165, 1.54) is 57.6 Å². The zero-order valence-electron chi connectivity index (χ0n) is 17.8. The molecule has 0 spiro atoms. The SMILES string of the molecule is C=CC1CCC(C2CCC(c3ccc(-c4cc(F)c(C)c(F)c4)c(F)c3)CC2)CC1. The van der Waals surface area contributed by atoms with Crippen LogP contribution in [0.5, 0.6) is 0 Å². The summed E-state index contributed by atoms with van der Waals surface area (Å²) in [4.78, 5) is 0. The Bertz CT molecular complexity index is 877. The molecule has 0 aromatic heterocycles. The third kappa shape index (κ3) is 4.36. The molecule has 4 rings (SSSR count). The fraction of sp³-hybridized carbons (Fsp3) is 0.481. The molecule has 2 fully saturated rings. The summed E-state index contributed by atoms with van der Waals surface area (Å²) in [5, 5.41) is 0. The van der Waals surface area contributed by atoms with E-state index >= 15 is 0 Å². The molecule has 0 atom stereocenters. The Kier molecular flexibility index (Phi) is 6.36. The first-order chi connectivity index (χ1) is 14.5. The second-order valence-electron chi connectivity index (χ2n) is 9.33. The first-order valence-electron chi connectivity index (χ1n) is 11.3. The van der Waals surface area contributed by atoms with Crippen LogP contribution < -0.4 is 0 Å². The zero-order chi connectivity index (χ0) is 21.3. The Morgan fingerprint density at radius 3 is 1.87 bits per heavy atom. The lowest BCUT2D eigenvalue weighted by atomic mass is 9.68. The molecular formula is C27H31F3. The summed E-state index contributed by atoms with van der Waals surface area (Å²) in [5.41, 5.74) is 1.48. The van der Waals surface area contributed by atoms with Gasteiger partial charge in [0.1, 0.15) is 17.5 Å². The lowest BCUT2D eigenvalue weighted by Crippen LogP contribution is -2.25. The molecule has 0 N–H and O–H groups in total. The van der Waals surface area contributed by atoms with Crippen molar-refractivity contribution in [1.82, 2.24) is 0 Å². The summed E-state index contributed by atoms with van der Waals surface area (Å²) >= 11 is 0.